The molecule has 27 heavy (non-hydrogen) atoms. The molecule has 3 rings (SSSR count). The fourth-order valence-corrected chi connectivity index (χ4v) is 3.67. The molecule has 0 spiro atoms. The summed E-state index contributed by atoms with van der Waals surface area (Å²) in [5, 5.41) is 3.49. The third-order valence-corrected chi connectivity index (χ3v) is 4.98. The number of hydrogen-bond acceptors (Lipinski definition) is 5. The molecule has 0 aromatic heterocycles. The van der Waals surface area contributed by atoms with E-state index in [9.17, 15) is 0 Å². The van der Waals surface area contributed by atoms with Gasteiger partial charge in [-0.15, -0.1) is 0 Å². The molecule has 1 unspecified atom stereocenters. The van der Waals surface area contributed by atoms with Crippen molar-refractivity contribution in [1.29, 1.82) is 0 Å². The topological polar surface area (TPSA) is 43.0 Å². The lowest BCUT2D eigenvalue weighted by Gasteiger charge is -2.32. The first-order valence-corrected chi connectivity index (χ1v) is 9.66. The largest absolute Gasteiger partial charge is 0.497 e. The second-order valence-electron chi connectivity index (χ2n) is 6.65. The van der Waals surface area contributed by atoms with Gasteiger partial charge in [0.25, 0.3) is 0 Å². The molecular formula is C22H30N2O3. The molecule has 0 radical (unpaired) electrons. The number of methoxy groups -OCH3 is 2. The van der Waals surface area contributed by atoms with Crippen molar-refractivity contribution in [3.05, 3.63) is 53.6 Å². The summed E-state index contributed by atoms with van der Waals surface area (Å²) >= 11 is 0. The Labute approximate surface area is 162 Å². The zero-order chi connectivity index (χ0) is 19.1. The molecule has 1 atom stereocenters. The van der Waals surface area contributed by atoms with Crippen molar-refractivity contribution in [3.63, 3.8) is 0 Å². The minimum atomic E-state index is 0.126. The summed E-state index contributed by atoms with van der Waals surface area (Å²) in [5.41, 5.74) is 2.40. The molecule has 5 nitrogen and oxygen atoms in total. The van der Waals surface area contributed by atoms with E-state index in [1.165, 1.54) is 5.56 Å². The van der Waals surface area contributed by atoms with Gasteiger partial charge in [-0.1, -0.05) is 12.1 Å². The fraction of sp³-hybridized carbons (Fsp3) is 0.455. The molecule has 0 aliphatic carbocycles. The molecule has 0 bridgehead atoms. The van der Waals surface area contributed by atoms with Crippen LogP contribution in [0.4, 0.5) is 0 Å². The van der Waals surface area contributed by atoms with Gasteiger partial charge in [-0.25, -0.2) is 0 Å². The number of nitrogens with one attached hydrogen (secondary N) is 1. The van der Waals surface area contributed by atoms with E-state index in [4.69, 9.17) is 14.2 Å². The van der Waals surface area contributed by atoms with Gasteiger partial charge in [0.2, 0.25) is 0 Å². The van der Waals surface area contributed by atoms with E-state index in [-0.39, 0.29) is 6.04 Å². The first kappa shape index (κ1) is 19.5. The third-order valence-electron chi connectivity index (χ3n) is 4.98. The maximum Gasteiger partial charge on any atom is 0.127 e. The van der Waals surface area contributed by atoms with Gasteiger partial charge in [0.05, 0.1) is 26.9 Å². The normalized spacial score (nSPS) is 16.4. The van der Waals surface area contributed by atoms with Gasteiger partial charge in [0.1, 0.15) is 17.2 Å². The maximum absolute atomic E-state index is 5.73. The van der Waals surface area contributed by atoms with Crippen LogP contribution in [0.3, 0.4) is 0 Å². The Bertz CT molecular complexity index is 710. The second-order valence-corrected chi connectivity index (χ2v) is 6.65. The predicted molar refractivity (Wildman–Crippen MR) is 108 cm³/mol. The summed E-state index contributed by atoms with van der Waals surface area (Å²) in [6, 6.07) is 14.7. The highest BCUT2D eigenvalue weighted by atomic mass is 16.5. The van der Waals surface area contributed by atoms with Crippen LogP contribution in [-0.4, -0.2) is 51.9 Å². The van der Waals surface area contributed by atoms with Gasteiger partial charge in [-0.05, 0) is 49.7 Å². The quantitative estimate of drug-likeness (QED) is 0.808. The number of nitrogens with zero attached hydrogens (tertiary/aromatic N) is 1. The van der Waals surface area contributed by atoms with Crippen LogP contribution in [0.5, 0.6) is 17.2 Å². The van der Waals surface area contributed by atoms with Crippen molar-refractivity contribution < 1.29 is 14.2 Å². The lowest BCUT2D eigenvalue weighted by Crippen LogP contribution is -2.33. The zero-order valence-corrected chi connectivity index (χ0v) is 16.5. The molecule has 1 heterocycles. The third kappa shape index (κ3) is 4.73. The minimum Gasteiger partial charge on any atom is -0.497 e. The van der Waals surface area contributed by atoms with Crippen LogP contribution in [0.15, 0.2) is 42.5 Å². The Morgan fingerprint density at radius 1 is 0.963 bits per heavy atom. The molecule has 2 aromatic carbocycles. The Hall–Kier alpha value is -2.24. The van der Waals surface area contributed by atoms with Crippen molar-refractivity contribution in [2.75, 3.05) is 47.0 Å². The molecule has 1 fully saturated rings. The van der Waals surface area contributed by atoms with E-state index < -0.39 is 0 Å². The van der Waals surface area contributed by atoms with E-state index in [2.05, 4.69) is 40.5 Å². The number of ether oxygens (including phenoxy) is 3. The smallest absolute Gasteiger partial charge is 0.127 e. The average molecular weight is 370 g/mol. The number of rotatable bonds is 7. The Kier molecular flexibility index (Phi) is 6.96. The van der Waals surface area contributed by atoms with Crippen LogP contribution >= 0.6 is 0 Å². The molecule has 1 N–H and O–H groups in total. The first-order valence-electron chi connectivity index (χ1n) is 9.66. The highest BCUT2D eigenvalue weighted by Gasteiger charge is 2.26. The fourth-order valence-electron chi connectivity index (χ4n) is 3.67. The van der Waals surface area contributed by atoms with Gasteiger partial charge in [-0.3, -0.25) is 4.90 Å². The summed E-state index contributed by atoms with van der Waals surface area (Å²) in [6.45, 7) is 6.77. The molecule has 1 aliphatic rings. The van der Waals surface area contributed by atoms with Crippen molar-refractivity contribution >= 4 is 0 Å². The van der Waals surface area contributed by atoms with Crippen LogP contribution in [0, 0.1) is 0 Å². The SMILES string of the molecule is CCOc1ccc(C(c2ccc(OC)cc2OC)N2CCCNCC2)cc1. The van der Waals surface area contributed by atoms with Gasteiger partial charge in [-0.2, -0.15) is 0 Å². The van der Waals surface area contributed by atoms with E-state index in [0.29, 0.717) is 6.61 Å². The molecule has 0 amide bonds. The van der Waals surface area contributed by atoms with Crippen LogP contribution in [-0.2, 0) is 0 Å². The van der Waals surface area contributed by atoms with Crippen molar-refractivity contribution in [2.45, 2.75) is 19.4 Å². The molecule has 2 aromatic rings. The highest BCUT2D eigenvalue weighted by molar-refractivity contribution is 5.47. The van der Waals surface area contributed by atoms with Crippen molar-refractivity contribution in [2.24, 2.45) is 0 Å². The first-order chi connectivity index (χ1) is 13.3. The van der Waals surface area contributed by atoms with E-state index in [1.54, 1.807) is 14.2 Å². The Balaban J connectivity index is 2.01. The highest BCUT2D eigenvalue weighted by Crippen LogP contribution is 2.37. The number of benzene rings is 2. The van der Waals surface area contributed by atoms with Crippen molar-refractivity contribution in [1.82, 2.24) is 10.2 Å². The lowest BCUT2D eigenvalue weighted by atomic mass is 9.95. The Morgan fingerprint density at radius 3 is 2.44 bits per heavy atom. The maximum atomic E-state index is 5.73. The predicted octanol–water partition coefficient (Wildman–Crippen LogP) is 3.49. The molecule has 146 valence electrons. The summed E-state index contributed by atoms with van der Waals surface area (Å²) in [7, 11) is 3.40. The zero-order valence-electron chi connectivity index (χ0n) is 16.5. The van der Waals surface area contributed by atoms with Crippen LogP contribution < -0.4 is 19.5 Å². The second kappa shape index (κ2) is 9.62. The molecule has 1 saturated heterocycles. The van der Waals surface area contributed by atoms with E-state index in [0.717, 1.165) is 55.4 Å². The summed E-state index contributed by atoms with van der Waals surface area (Å²) in [6.07, 6.45) is 1.13. The summed E-state index contributed by atoms with van der Waals surface area (Å²) in [5.74, 6) is 2.56. The standard InChI is InChI=1S/C22H30N2O3/c1-4-27-18-8-6-17(7-9-18)22(24-14-5-12-23-13-15-24)20-11-10-19(25-2)16-21(20)26-3/h6-11,16,22-23H,4-5,12-15H2,1-3H3. The molecular weight excluding hydrogens is 340 g/mol. The average Bonchev–Trinajstić information content (AvgIpc) is 2.99. The molecule has 1 aliphatic heterocycles. The van der Waals surface area contributed by atoms with Gasteiger partial charge >= 0.3 is 0 Å². The van der Waals surface area contributed by atoms with E-state index >= 15 is 0 Å². The monoisotopic (exact) mass is 370 g/mol. The minimum absolute atomic E-state index is 0.126. The van der Waals surface area contributed by atoms with Crippen molar-refractivity contribution in [3.8, 4) is 17.2 Å². The van der Waals surface area contributed by atoms with Gasteiger partial charge < -0.3 is 19.5 Å². The summed E-state index contributed by atoms with van der Waals surface area (Å²) < 4.78 is 16.7. The lowest BCUT2D eigenvalue weighted by molar-refractivity contribution is 0.236. The molecule has 0 saturated carbocycles. The molecule has 5 heteroatoms. The number of hydrogen-bond donors (Lipinski definition) is 1. The van der Waals surface area contributed by atoms with Crippen LogP contribution in [0.2, 0.25) is 0 Å². The van der Waals surface area contributed by atoms with Gasteiger partial charge in [0.15, 0.2) is 0 Å². The summed E-state index contributed by atoms with van der Waals surface area (Å²) in [4.78, 5) is 2.53. The van der Waals surface area contributed by atoms with Gasteiger partial charge in [0, 0.05) is 31.3 Å². The van der Waals surface area contributed by atoms with E-state index in [1.807, 2.05) is 19.1 Å². The van der Waals surface area contributed by atoms with Crippen LogP contribution in [0.1, 0.15) is 30.5 Å². The Morgan fingerprint density at radius 2 is 1.74 bits per heavy atom. The van der Waals surface area contributed by atoms with Crippen LogP contribution in [0.25, 0.3) is 0 Å².